The molecule has 7 heteroatoms. The average Bonchev–Trinajstić information content (AvgIpc) is 2.74. The van der Waals surface area contributed by atoms with Crippen LogP contribution in [0.15, 0.2) is 18.2 Å². The summed E-state index contributed by atoms with van der Waals surface area (Å²) in [5.41, 5.74) is 2.49. The molecule has 4 nitrogen and oxygen atoms in total. The van der Waals surface area contributed by atoms with Crippen molar-refractivity contribution in [1.82, 2.24) is 9.78 Å². The Bertz CT molecular complexity index is 804. The molecule has 0 saturated heterocycles. The molecular formula is C19H22F3N3O. The SMILES string of the molecule is Cc1cccc(C)c1NC(=O)Cn1nc(C(F)(F)F)c2c1CCCCC2. The number of amides is 1. The third-order valence-corrected chi connectivity index (χ3v) is 4.81. The van der Waals surface area contributed by atoms with Crippen molar-refractivity contribution in [2.75, 3.05) is 5.32 Å². The minimum atomic E-state index is -4.50. The van der Waals surface area contributed by atoms with Crippen LogP contribution in [0.3, 0.4) is 0 Å². The van der Waals surface area contributed by atoms with Gasteiger partial charge in [0.05, 0.1) is 0 Å². The van der Waals surface area contributed by atoms with E-state index in [-0.39, 0.29) is 18.0 Å². The number of hydrogen-bond acceptors (Lipinski definition) is 2. The number of aromatic nitrogens is 2. The lowest BCUT2D eigenvalue weighted by atomic mass is 10.1. The lowest BCUT2D eigenvalue weighted by Crippen LogP contribution is -2.22. The molecule has 26 heavy (non-hydrogen) atoms. The van der Waals surface area contributed by atoms with E-state index >= 15 is 0 Å². The first kappa shape index (κ1) is 18.5. The largest absolute Gasteiger partial charge is 0.435 e. The smallest absolute Gasteiger partial charge is 0.324 e. The third-order valence-electron chi connectivity index (χ3n) is 4.81. The molecule has 0 radical (unpaired) electrons. The number of halogens is 3. The van der Waals surface area contributed by atoms with Crippen LogP contribution in [-0.4, -0.2) is 15.7 Å². The maximum absolute atomic E-state index is 13.3. The molecule has 1 N–H and O–H groups in total. The minimum absolute atomic E-state index is 0.216. The van der Waals surface area contributed by atoms with E-state index in [2.05, 4.69) is 10.4 Å². The van der Waals surface area contributed by atoms with E-state index in [1.165, 1.54) is 4.68 Å². The summed E-state index contributed by atoms with van der Waals surface area (Å²) >= 11 is 0. The predicted octanol–water partition coefficient (Wildman–Crippen LogP) is 4.43. The van der Waals surface area contributed by atoms with Gasteiger partial charge in [-0.15, -0.1) is 0 Å². The van der Waals surface area contributed by atoms with Crippen LogP contribution >= 0.6 is 0 Å². The Labute approximate surface area is 150 Å². The van der Waals surface area contributed by atoms with Gasteiger partial charge >= 0.3 is 6.18 Å². The Morgan fingerprint density at radius 1 is 1.15 bits per heavy atom. The first-order valence-electron chi connectivity index (χ1n) is 8.79. The molecule has 140 valence electrons. The molecule has 1 aromatic carbocycles. The maximum atomic E-state index is 13.3. The van der Waals surface area contributed by atoms with Crippen LogP contribution < -0.4 is 5.32 Å². The van der Waals surface area contributed by atoms with Gasteiger partial charge in [0.1, 0.15) is 6.54 Å². The summed E-state index contributed by atoms with van der Waals surface area (Å²) in [5.74, 6) is -0.370. The number of nitrogens with one attached hydrogen (secondary N) is 1. The number of anilines is 1. The van der Waals surface area contributed by atoms with Gasteiger partial charge in [0.15, 0.2) is 5.69 Å². The van der Waals surface area contributed by atoms with E-state index in [1.54, 1.807) is 0 Å². The molecular weight excluding hydrogens is 343 g/mol. The molecule has 1 heterocycles. The van der Waals surface area contributed by atoms with Crippen molar-refractivity contribution < 1.29 is 18.0 Å². The number of carbonyl (C=O) groups excluding carboxylic acids is 1. The van der Waals surface area contributed by atoms with Gasteiger partial charge in [0.2, 0.25) is 5.91 Å². The molecule has 1 aliphatic rings. The number of fused-ring (bicyclic) bond motifs is 1. The number of nitrogens with zero attached hydrogens (tertiary/aromatic N) is 2. The van der Waals surface area contributed by atoms with Gasteiger partial charge in [0, 0.05) is 16.9 Å². The molecule has 3 rings (SSSR count). The van der Waals surface area contributed by atoms with Gasteiger partial charge in [-0.2, -0.15) is 18.3 Å². The molecule has 1 aliphatic carbocycles. The zero-order valence-electron chi connectivity index (χ0n) is 14.9. The van der Waals surface area contributed by atoms with Crippen molar-refractivity contribution in [1.29, 1.82) is 0 Å². The highest BCUT2D eigenvalue weighted by atomic mass is 19.4. The number of para-hydroxylation sites is 1. The fourth-order valence-electron chi connectivity index (χ4n) is 3.53. The highest BCUT2D eigenvalue weighted by Crippen LogP contribution is 2.35. The fraction of sp³-hybridized carbons (Fsp3) is 0.474. The van der Waals surface area contributed by atoms with E-state index in [0.29, 0.717) is 24.2 Å². The van der Waals surface area contributed by atoms with Crippen molar-refractivity contribution >= 4 is 11.6 Å². The summed E-state index contributed by atoms with van der Waals surface area (Å²) in [4.78, 5) is 12.5. The fourth-order valence-corrected chi connectivity index (χ4v) is 3.53. The van der Waals surface area contributed by atoms with Crippen molar-refractivity contribution in [3.8, 4) is 0 Å². The summed E-state index contributed by atoms with van der Waals surface area (Å²) in [5, 5.41) is 6.58. The van der Waals surface area contributed by atoms with Crippen LogP contribution in [0.1, 0.15) is 47.3 Å². The molecule has 0 spiro atoms. The Kier molecular flexibility index (Phi) is 5.07. The molecule has 0 fully saturated rings. The average molecular weight is 365 g/mol. The Morgan fingerprint density at radius 3 is 2.46 bits per heavy atom. The quantitative estimate of drug-likeness (QED) is 0.818. The maximum Gasteiger partial charge on any atom is 0.435 e. The van der Waals surface area contributed by atoms with Crippen molar-refractivity contribution in [3.63, 3.8) is 0 Å². The molecule has 1 aromatic heterocycles. The zero-order valence-corrected chi connectivity index (χ0v) is 14.9. The van der Waals surface area contributed by atoms with Crippen LogP contribution in [0.25, 0.3) is 0 Å². The van der Waals surface area contributed by atoms with Crippen LogP contribution in [0.2, 0.25) is 0 Å². The number of rotatable bonds is 3. The summed E-state index contributed by atoms with van der Waals surface area (Å²) in [6.45, 7) is 3.54. The zero-order chi connectivity index (χ0) is 18.9. The second-order valence-corrected chi connectivity index (χ2v) is 6.80. The summed E-state index contributed by atoms with van der Waals surface area (Å²) in [6, 6.07) is 5.65. The van der Waals surface area contributed by atoms with Crippen molar-refractivity contribution in [2.24, 2.45) is 0 Å². The van der Waals surface area contributed by atoms with Crippen LogP contribution in [0, 0.1) is 13.8 Å². The second-order valence-electron chi connectivity index (χ2n) is 6.80. The molecule has 0 aliphatic heterocycles. The minimum Gasteiger partial charge on any atom is -0.324 e. The number of benzene rings is 1. The van der Waals surface area contributed by atoms with Crippen molar-refractivity contribution in [3.05, 3.63) is 46.3 Å². The van der Waals surface area contributed by atoms with Gasteiger partial charge in [-0.3, -0.25) is 9.48 Å². The van der Waals surface area contributed by atoms with E-state index in [4.69, 9.17) is 0 Å². The molecule has 0 saturated carbocycles. The number of hydrogen-bond donors (Lipinski definition) is 1. The lowest BCUT2D eigenvalue weighted by Gasteiger charge is -2.12. The van der Waals surface area contributed by atoms with E-state index in [1.807, 2.05) is 32.0 Å². The second kappa shape index (κ2) is 7.13. The normalized spacial score (nSPS) is 14.7. The Hall–Kier alpha value is -2.31. The monoisotopic (exact) mass is 365 g/mol. The highest BCUT2D eigenvalue weighted by Gasteiger charge is 2.39. The molecule has 0 bridgehead atoms. The lowest BCUT2D eigenvalue weighted by molar-refractivity contribution is -0.142. The Morgan fingerprint density at radius 2 is 1.81 bits per heavy atom. The first-order valence-corrected chi connectivity index (χ1v) is 8.79. The highest BCUT2D eigenvalue weighted by molar-refractivity contribution is 5.92. The molecule has 0 unspecified atom stereocenters. The van der Waals surface area contributed by atoms with Crippen molar-refractivity contribution in [2.45, 2.75) is 58.7 Å². The van der Waals surface area contributed by atoms with Crippen LogP contribution in [0.4, 0.5) is 18.9 Å². The van der Waals surface area contributed by atoms with E-state index in [9.17, 15) is 18.0 Å². The predicted molar refractivity (Wildman–Crippen MR) is 93.0 cm³/mol. The number of alkyl halides is 3. The first-order chi connectivity index (χ1) is 12.3. The molecule has 1 amide bonds. The standard InChI is InChI=1S/C19H22F3N3O/c1-12-7-6-8-13(2)17(12)23-16(26)11-25-15-10-5-3-4-9-14(15)18(24-25)19(20,21)22/h6-8H,3-5,9-11H2,1-2H3,(H,23,26). The number of aryl methyl sites for hydroxylation is 2. The third kappa shape index (κ3) is 3.76. The van der Waals surface area contributed by atoms with Gasteiger partial charge in [-0.25, -0.2) is 0 Å². The van der Waals surface area contributed by atoms with Crippen LogP contribution in [0.5, 0.6) is 0 Å². The Balaban J connectivity index is 1.88. The van der Waals surface area contributed by atoms with E-state index in [0.717, 1.165) is 30.4 Å². The van der Waals surface area contributed by atoms with Gasteiger partial charge < -0.3 is 5.32 Å². The summed E-state index contributed by atoms with van der Waals surface area (Å²) in [7, 11) is 0. The molecule has 0 atom stereocenters. The van der Waals surface area contributed by atoms with E-state index < -0.39 is 11.9 Å². The van der Waals surface area contributed by atoms with Crippen LogP contribution in [-0.2, 0) is 30.4 Å². The summed E-state index contributed by atoms with van der Waals surface area (Å²) in [6.07, 6.45) is -1.19. The summed E-state index contributed by atoms with van der Waals surface area (Å²) < 4.78 is 41.2. The van der Waals surface area contributed by atoms with Gasteiger partial charge in [-0.1, -0.05) is 24.6 Å². The number of carbonyl (C=O) groups is 1. The molecule has 2 aromatic rings. The van der Waals surface area contributed by atoms with Gasteiger partial charge in [0.25, 0.3) is 0 Å². The topological polar surface area (TPSA) is 46.9 Å². The van der Waals surface area contributed by atoms with Gasteiger partial charge in [-0.05, 0) is 50.7 Å².